The summed E-state index contributed by atoms with van der Waals surface area (Å²) in [5.74, 6) is 0.905. The van der Waals surface area contributed by atoms with Crippen LogP contribution in [0.5, 0.6) is 0 Å². The van der Waals surface area contributed by atoms with Crippen LogP contribution >= 0.6 is 11.6 Å². The van der Waals surface area contributed by atoms with Crippen LogP contribution in [-0.2, 0) is 0 Å². The van der Waals surface area contributed by atoms with Gasteiger partial charge in [0.25, 0.3) is 0 Å². The average molecular weight is 434 g/mol. The van der Waals surface area contributed by atoms with Crippen molar-refractivity contribution in [2.45, 2.75) is 12.8 Å². The van der Waals surface area contributed by atoms with Gasteiger partial charge >= 0.3 is 145 Å². The Balaban J connectivity index is 2.13. The molecule has 7 N–H and O–H groups in total. The zero-order valence-corrected chi connectivity index (χ0v) is 14.6. The molecule has 0 saturated heterocycles. The molecule has 1 aromatic rings. The van der Waals surface area contributed by atoms with E-state index in [1.165, 1.54) is 6.21 Å². The van der Waals surface area contributed by atoms with E-state index >= 15 is 0 Å². The summed E-state index contributed by atoms with van der Waals surface area (Å²) in [6.07, 6.45) is 8.47. The van der Waals surface area contributed by atoms with Gasteiger partial charge in [0.15, 0.2) is 0 Å². The van der Waals surface area contributed by atoms with Crippen molar-refractivity contribution in [1.29, 1.82) is 5.41 Å². The van der Waals surface area contributed by atoms with Gasteiger partial charge in [-0.25, -0.2) is 0 Å². The molecule has 0 fully saturated rings. The van der Waals surface area contributed by atoms with Crippen LogP contribution in [0, 0.1) is 5.41 Å². The van der Waals surface area contributed by atoms with E-state index in [2.05, 4.69) is 15.4 Å². The summed E-state index contributed by atoms with van der Waals surface area (Å²) < 4.78 is 6.49. The predicted octanol–water partition coefficient (Wildman–Crippen LogP) is -2.91. The number of halogens is 2. The van der Waals surface area contributed by atoms with Crippen LogP contribution in [0.4, 0.5) is 5.82 Å². The fraction of sp³-hybridized carbons (Fsp3) is 0.154. The summed E-state index contributed by atoms with van der Waals surface area (Å²) in [4.78, 5) is 4.25. The number of aromatic nitrogens is 1. The van der Waals surface area contributed by atoms with E-state index in [9.17, 15) is 0 Å². The Labute approximate surface area is 144 Å². The summed E-state index contributed by atoms with van der Waals surface area (Å²) in [5, 5.41) is 15.2. The molecule has 2 rings (SSSR count). The number of rotatable bonds is 5. The Morgan fingerprint density at radius 2 is 2.36 bits per heavy atom. The molecule has 22 heavy (non-hydrogen) atoms. The fourth-order valence-corrected chi connectivity index (χ4v) is 3.02. The van der Waals surface area contributed by atoms with Crippen LogP contribution in [0.1, 0.15) is 18.4 Å². The zero-order chi connectivity index (χ0) is 15.9. The fourth-order valence-electron chi connectivity index (χ4n) is 1.77. The van der Waals surface area contributed by atoms with Crippen LogP contribution in [0.15, 0.2) is 46.3 Å². The van der Waals surface area contributed by atoms with Crippen molar-refractivity contribution >= 4 is 29.6 Å². The molecule has 0 aromatic carbocycles. The van der Waals surface area contributed by atoms with E-state index in [4.69, 9.17) is 26.7 Å². The number of nitrogens with one attached hydrogen (secondary N) is 3. The maximum atomic E-state index is 7.17. The number of hydrogen-bond acceptors (Lipinski definition) is 4. The Hall–Kier alpha value is -1.49. The molecule has 0 radical (unpaired) electrons. The van der Waals surface area contributed by atoms with Crippen LogP contribution in [0.3, 0.4) is 0 Å². The van der Waals surface area contributed by atoms with Crippen molar-refractivity contribution in [2.75, 3.05) is 0 Å². The van der Waals surface area contributed by atoms with E-state index in [-0.39, 0.29) is 5.96 Å². The molecule has 1 unspecified atom stereocenters. The predicted molar refractivity (Wildman–Crippen MR) is 82.9 cm³/mol. The zero-order valence-electron chi connectivity index (χ0n) is 11.7. The molecule has 0 aliphatic heterocycles. The third kappa shape index (κ3) is 4.50. The summed E-state index contributed by atoms with van der Waals surface area (Å²) in [5.41, 5.74) is 7.41. The van der Waals surface area contributed by atoms with E-state index in [0.29, 0.717) is 9.04 Å². The van der Waals surface area contributed by atoms with E-state index in [1.807, 2.05) is 12.2 Å². The van der Waals surface area contributed by atoms with Gasteiger partial charge in [0.1, 0.15) is 0 Å². The first-order chi connectivity index (χ1) is 10.6. The molecule has 118 valence electrons. The van der Waals surface area contributed by atoms with Crippen LogP contribution in [-0.4, -0.2) is 17.2 Å². The minimum atomic E-state index is -0.799. The van der Waals surface area contributed by atoms with Crippen LogP contribution in [0.2, 0.25) is 0 Å². The molecule has 1 aromatic heterocycles. The summed E-state index contributed by atoms with van der Waals surface area (Å²) in [7, 11) is 0. The van der Waals surface area contributed by atoms with Gasteiger partial charge in [0, 0.05) is 0 Å². The first-order valence-electron chi connectivity index (χ1n) is 6.47. The van der Waals surface area contributed by atoms with Gasteiger partial charge in [-0.15, -0.1) is 0 Å². The number of nitrogens with two attached hydrogens (primary N) is 2. The molecule has 0 spiro atoms. The maximum absolute atomic E-state index is 7.17. The van der Waals surface area contributed by atoms with Crippen molar-refractivity contribution < 1.29 is 25.0 Å². The second-order valence-corrected chi connectivity index (χ2v) is 6.50. The Morgan fingerprint density at radius 1 is 1.55 bits per heavy atom. The third-order valence-electron chi connectivity index (χ3n) is 2.86. The Kier molecular flexibility index (Phi) is 6.31. The monoisotopic (exact) mass is 433 g/mol. The Bertz CT molecular complexity index is 624. The molecule has 1 aliphatic rings. The molecule has 1 atom stereocenters. The number of pyridine rings is 1. The molecular formula is C13H17ClIN7. The van der Waals surface area contributed by atoms with Gasteiger partial charge in [-0.3, -0.25) is 0 Å². The topological polar surface area (TPSA) is 118 Å². The first-order valence-corrected chi connectivity index (χ1v) is 9.18. The molecule has 1 aliphatic carbocycles. The standard InChI is InChI=1S/C13H17ClIN7/c14-10-3-1-2-4-11(10)20-13(17)21-22(15-18)12-6-5-9(7-16)8-19-12/h2,4-8,16,22H,1,3,18H2,(H3,17,20,21). The quantitative estimate of drug-likeness (QED) is 0.113. The molecule has 9 heteroatoms. The number of hydrogen-bond donors (Lipinski definition) is 5. The second-order valence-electron chi connectivity index (χ2n) is 4.40. The van der Waals surface area contributed by atoms with Crippen LogP contribution in [0.25, 0.3) is 0 Å². The number of allylic oxidation sites excluding steroid dienone is 3. The molecule has 0 saturated carbocycles. The van der Waals surface area contributed by atoms with Gasteiger partial charge in [0.2, 0.25) is 0 Å². The van der Waals surface area contributed by atoms with Crippen molar-refractivity contribution in [1.82, 2.24) is 10.3 Å². The SMILES string of the molecule is N=Cc1ccc([NH+](N=C(N)NC2=C(Cl)CCC=C2)[I-]N)nc1. The van der Waals surface area contributed by atoms with E-state index in [0.717, 1.165) is 29.1 Å². The second kappa shape index (κ2) is 8.22. The molecular weight excluding hydrogens is 417 g/mol. The summed E-state index contributed by atoms with van der Waals surface area (Å²) in [6.45, 7) is 0. The van der Waals surface area contributed by atoms with Gasteiger partial charge in [0.05, 0.1) is 0 Å². The molecule has 7 nitrogen and oxygen atoms in total. The first kappa shape index (κ1) is 16.9. The van der Waals surface area contributed by atoms with Gasteiger partial charge in [-0.05, 0) is 0 Å². The molecule has 1 heterocycles. The van der Waals surface area contributed by atoms with E-state index in [1.54, 1.807) is 18.3 Å². The van der Waals surface area contributed by atoms with Crippen molar-refractivity contribution in [2.24, 2.45) is 14.8 Å². The van der Waals surface area contributed by atoms with Gasteiger partial charge < -0.3 is 0 Å². The van der Waals surface area contributed by atoms with Crippen LogP contribution < -0.4 is 40.0 Å². The van der Waals surface area contributed by atoms with Gasteiger partial charge in [-0.2, -0.15) is 0 Å². The van der Waals surface area contributed by atoms with Crippen molar-refractivity contribution in [3.63, 3.8) is 0 Å². The number of quaternary nitrogens is 1. The number of nitrogens with zero attached hydrogens (tertiary/aromatic N) is 2. The Morgan fingerprint density at radius 3 is 2.95 bits per heavy atom. The van der Waals surface area contributed by atoms with Crippen molar-refractivity contribution in [3.05, 3.63) is 46.8 Å². The van der Waals surface area contributed by atoms with Crippen molar-refractivity contribution in [3.8, 4) is 0 Å². The number of guanidine groups is 1. The van der Waals surface area contributed by atoms with Gasteiger partial charge in [-0.1, -0.05) is 0 Å². The third-order valence-corrected chi connectivity index (χ3v) is 4.63. The minimum absolute atomic E-state index is 0.234. The molecule has 0 bridgehead atoms. The molecule has 0 amide bonds. The summed E-state index contributed by atoms with van der Waals surface area (Å²) >= 11 is 5.35. The normalized spacial score (nSPS) is 16.7. The van der Waals surface area contributed by atoms with E-state index < -0.39 is 21.8 Å². The summed E-state index contributed by atoms with van der Waals surface area (Å²) in [6, 6.07) is 3.57. The average Bonchev–Trinajstić information content (AvgIpc) is 2.55.